The molecule has 0 saturated carbocycles. The average Bonchev–Trinajstić information content (AvgIpc) is 3.11. The number of carbonyl (C=O) groups excluding carboxylic acids is 2. The van der Waals surface area contributed by atoms with Crippen LogP contribution in [0.1, 0.15) is 24.2 Å². The summed E-state index contributed by atoms with van der Waals surface area (Å²) in [4.78, 5) is 29.9. The Hall–Kier alpha value is -3.33. The number of aromatic nitrogens is 1. The Morgan fingerprint density at radius 2 is 1.84 bits per heavy atom. The summed E-state index contributed by atoms with van der Waals surface area (Å²) in [6.45, 7) is 4.25. The summed E-state index contributed by atoms with van der Waals surface area (Å²) >= 11 is 1.29. The lowest BCUT2D eigenvalue weighted by Crippen LogP contribution is -2.23. The van der Waals surface area contributed by atoms with Gasteiger partial charge in [-0.05, 0) is 38.1 Å². The summed E-state index contributed by atoms with van der Waals surface area (Å²) in [5.74, 6) is 0.595. The molecule has 0 fully saturated rings. The zero-order valence-corrected chi connectivity index (χ0v) is 18.7. The van der Waals surface area contributed by atoms with Crippen LogP contribution in [0.25, 0.3) is 10.2 Å². The summed E-state index contributed by atoms with van der Waals surface area (Å²) in [7, 11) is 3.01. The molecule has 0 aliphatic carbocycles. The average molecular weight is 445 g/mol. The number of thiazole rings is 1. The van der Waals surface area contributed by atoms with Crippen LogP contribution in [0.15, 0.2) is 41.4 Å². The quantitative estimate of drug-likeness (QED) is 0.495. The van der Waals surface area contributed by atoms with Crippen LogP contribution in [0, 0.1) is 0 Å². The van der Waals surface area contributed by atoms with Crippen molar-refractivity contribution < 1.29 is 28.5 Å². The molecule has 1 heterocycles. The normalized spacial score (nSPS) is 11.4. The number of carbonyl (C=O) groups is 2. The lowest BCUT2D eigenvalue weighted by molar-refractivity contribution is -0.143. The van der Waals surface area contributed by atoms with Gasteiger partial charge in [0.2, 0.25) is 0 Å². The molecule has 0 bridgehead atoms. The summed E-state index contributed by atoms with van der Waals surface area (Å²) < 4.78 is 23.8. The van der Waals surface area contributed by atoms with E-state index in [9.17, 15) is 9.59 Å². The zero-order chi connectivity index (χ0) is 22.4. The molecule has 1 amide bonds. The van der Waals surface area contributed by atoms with Gasteiger partial charge in [0.05, 0.1) is 37.7 Å². The molecule has 9 heteroatoms. The van der Waals surface area contributed by atoms with E-state index in [0.717, 1.165) is 4.70 Å². The standard InChI is InChI=1S/C22H24N2O6S/c1-5-29-16-8-7-9-18-20(16)24(13-19(25)30-6-2)22(31-18)23-21(26)15-11-10-14(27-3)12-17(15)28-4/h7-12H,5-6,13H2,1-4H3. The highest BCUT2D eigenvalue weighted by Crippen LogP contribution is 2.28. The van der Waals surface area contributed by atoms with Crippen LogP contribution >= 0.6 is 11.3 Å². The third-order valence-electron chi connectivity index (χ3n) is 4.39. The minimum absolute atomic E-state index is 0.0935. The number of rotatable bonds is 8. The highest BCUT2D eigenvalue weighted by Gasteiger charge is 2.18. The van der Waals surface area contributed by atoms with Gasteiger partial charge < -0.3 is 23.5 Å². The van der Waals surface area contributed by atoms with Gasteiger partial charge in [0.15, 0.2) is 4.80 Å². The third-order valence-corrected chi connectivity index (χ3v) is 5.44. The van der Waals surface area contributed by atoms with Crippen molar-refractivity contribution >= 4 is 33.4 Å². The van der Waals surface area contributed by atoms with Crippen molar-refractivity contribution in [1.29, 1.82) is 0 Å². The molecule has 0 aliphatic heterocycles. The Morgan fingerprint density at radius 3 is 2.52 bits per heavy atom. The van der Waals surface area contributed by atoms with Crippen molar-refractivity contribution in [3.63, 3.8) is 0 Å². The Bertz CT molecular complexity index is 1160. The molecule has 3 rings (SSSR count). The van der Waals surface area contributed by atoms with Gasteiger partial charge in [0.1, 0.15) is 29.3 Å². The monoisotopic (exact) mass is 444 g/mol. The van der Waals surface area contributed by atoms with Crippen molar-refractivity contribution in [1.82, 2.24) is 4.57 Å². The van der Waals surface area contributed by atoms with E-state index < -0.39 is 11.9 Å². The molecule has 0 spiro atoms. The van der Waals surface area contributed by atoms with E-state index >= 15 is 0 Å². The third kappa shape index (κ3) is 4.88. The van der Waals surface area contributed by atoms with E-state index in [1.807, 2.05) is 25.1 Å². The van der Waals surface area contributed by atoms with Crippen LogP contribution in [0.4, 0.5) is 0 Å². The maximum absolute atomic E-state index is 13.0. The maximum atomic E-state index is 13.0. The molecule has 3 aromatic rings. The van der Waals surface area contributed by atoms with Crippen molar-refractivity contribution in [3.8, 4) is 17.2 Å². The number of benzene rings is 2. The minimum atomic E-state index is -0.498. The van der Waals surface area contributed by atoms with Crippen molar-refractivity contribution in [2.75, 3.05) is 27.4 Å². The van der Waals surface area contributed by atoms with Gasteiger partial charge >= 0.3 is 5.97 Å². The van der Waals surface area contributed by atoms with Gasteiger partial charge in [-0.2, -0.15) is 4.99 Å². The molecule has 1 aromatic heterocycles. The fourth-order valence-corrected chi connectivity index (χ4v) is 4.10. The smallest absolute Gasteiger partial charge is 0.326 e. The number of amides is 1. The van der Waals surface area contributed by atoms with Crippen molar-refractivity contribution in [2.24, 2.45) is 4.99 Å². The number of nitrogens with zero attached hydrogens (tertiary/aromatic N) is 2. The molecule has 0 saturated heterocycles. The van der Waals surface area contributed by atoms with Gasteiger partial charge in [0.25, 0.3) is 5.91 Å². The predicted molar refractivity (Wildman–Crippen MR) is 117 cm³/mol. The molecule has 31 heavy (non-hydrogen) atoms. The molecular weight excluding hydrogens is 420 g/mol. The van der Waals surface area contributed by atoms with E-state index in [0.29, 0.717) is 34.2 Å². The van der Waals surface area contributed by atoms with E-state index in [1.54, 1.807) is 29.7 Å². The Kier molecular flexibility index (Phi) is 7.30. The van der Waals surface area contributed by atoms with Gasteiger partial charge in [-0.3, -0.25) is 9.59 Å². The summed E-state index contributed by atoms with van der Waals surface area (Å²) in [5, 5.41) is 0. The first-order chi connectivity index (χ1) is 15.0. The Morgan fingerprint density at radius 1 is 1.03 bits per heavy atom. The van der Waals surface area contributed by atoms with E-state index in [4.69, 9.17) is 18.9 Å². The van der Waals surface area contributed by atoms with Crippen molar-refractivity contribution in [3.05, 3.63) is 46.8 Å². The number of esters is 1. The second kappa shape index (κ2) is 10.1. The number of methoxy groups -OCH3 is 2. The van der Waals surface area contributed by atoms with Gasteiger partial charge in [-0.25, -0.2) is 0 Å². The maximum Gasteiger partial charge on any atom is 0.326 e. The SMILES string of the molecule is CCOC(=O)Cn1c(=NC(=O)c2ccc(OC)cc2OC)sc2cccc(OCC)c21. The number of ether oxygens (including phenoxy) is 4. The fourth-order valence-electron chi connectivity index (χ4n) is 3.06. The van der Waals surface area contributed by atoms with E-state index in [-0.39, 0.29) is 18.7 Å². The van der Waals surface area contributed by atoms with Crippen LogP contribution in [0.5, 0.6) is 17.2 Å². The topological polar surface area (TPSA) is 88.4 Å². The minimum Gasteiger partial charge on any atom is -0.497 e. The van der Waals surface area contributed by atoms with E-state index in [2.05, 4.69) is 4.99 Å². The number of para-hydroxylation sites is 1. The second-order valence-corrected chi connectivity index (χ2v) is 7.30. The lowest BCUT2D eigenvalue weighted by atomic mass is 10.2. The number of hydrogen-bond acceptors (Lipinski definition) is 7. The molecule has 0 unspecified atom stereocenters. The first kappa shape index (κ1) is 22.4. The highest BCUT2D eigenvalue weighted by atomic mass is 32.1. The van der Waals surface area contributed by atoms with Crippen LogP contribution in [-0.2, 0) is 16.1 Å². The Balaban J connectivity index is 2.16. The molecule has 0 N–H and O–H groups in total. The molecular formula is C22H24N2O6S. The van der Waals surface area contributed by atoms with Gasteiger partial charge in [-0.15, -0.1) is 0 Å². The summed E-state index contributed by atoms with van der Waals surface area (Å²) in [5.41, 5.74) is 0.976. The first-order valence-corrected chi connectivity index (χ1v) is 10.6. The summed E-state index contributed by atoms with van der Waals surface area (Å²) in [6, 6.07) is 10.4. The molecule has 8 nitrogen and oxygen atoms in total. The lowest BCUT2D eigenvalue weighted by Gasteiger charge is -2.10. The molecule has 2 aromatic carbocycles. The zero-order valence-electron chi connectivity index (χ0n) is 17.8. The van der Waals surface area contributed by atoms with Crippen LogP contribution in [0.3, 0.4) is 0 Å². The Labute approximate surface area is 183 Å². The highest BCUT2D eigenvalue weighted by molar-refractivity contribution is 7.16. The summed E-state index contributed by atoms with van der Waals surface area (Å²) in [6.07, 6.45) is 0. The second-order valence-electron chi connectivity index (χ2n) is 6.29. The molecule has 0 aliphatic rings. The van der Waals surface area contributed by atoms with Crippen LogP contribution < -0.4 is 19.0 Å². The number of hydrogen-bond donors (Lipinski definition) is 0. The van der Waals surface area contributed by atoms with Gasteiger partial charge in [-0.1, -0.05) is 17.4 Å². The molecule has 164 valence electrons. The van der Waals surface area contributed by atoms with Crippen LogP contribution in [-0.4, -0.2) is 43.9 Å². The van der Waals surface area contributed by atoms with E-state index in [1.165, 1.54) is 25.6 Å². The van der Waals surface area contributed by atoms with Gasteiger partial charge in [0, 0.05) is 6.07 Å². The first-order valence-electron chi connectivity index (χ1n) is 9.74. The fraction of sp³-hybridized carbons (Fsp3) is 0.318. The largest absolute Gasteiger partial charge is 0.497 e. The predicted octanol–water partition coefficient (Wildman–Crippen LogP) is 3.42. The number of fused-ring (bicyclic) bond motifs is 1. The molecule has 0 radical (unpaired) electrons. The van der Waals surface area contributed by atoms with Crippen LogP contribution in [0.2, 0.25) is 0 Å². The van der Waals surface area contributed by atoms with Crippen molar-refractivity contribution in [2.45, 2.75) is 20.4 Å². The molecule has 0 atom stereocenters.